The number of aromatic nitrogens is 1. The molecule has 2 rings (SSSR count). The number of halogens is 1. The van der Waals surface area contributed by atoms with E-state index in [-0.39, 0.29) is 0 Å². The Hall–Kier alpha value is -1.94. The van der Waals surface area contributed by atoms with E-state index in [9.17, 15) is 9.50 Å². The van der Waals surface area contributed by atoms with E-state index in [2.05, 4.69) is 4.98 Å². The van der Waals surface area contributed by atoms with Crippen molar-refractivity contribution in [2.45, 2.75) is 25.9 Å². The van der Waals surface area contributed by atoms with E-state index >= 15 is 0 Å². The van der Waals surface area contributed by atoms with Crippen LogP contribution in [-0.2, 0) is 5.60 Å². The number of benzene rings is 1. The summed E-state index contributed by atoms with van der Waals surface area (Å²) in [5, 5.41) is 10.8. The minimum Gasteiger partial charge on any atom is -0.493 e. The molecular weight excluding hydrogens is 257 g/mol. The highest BCUT2D eigenvalue weighted by molar-refractivity contribution is 5.42. The van der Waals surface area contributed by atoms with Crippen molar-refractivity contribution in [3.8, 4) is 5.75 Å². The van der Waals surface area contributed by atoms with Crippen LogP contribution in [0.25, 0.3) is 0 Å². The standard InChI is InChI=1S/C16H18FNO2/c1-3-10-20-14-7-5-4-6-13(14)16(2,19)15-9-8-12(17)11-18-15/h4-9,11,19H,3,10H2,1-2H3. The molecule has 0 aliphatic rings. The third-order valence-electron chi connectivity index (χ3n) is 3.10. The molecule has 1 N–H and O–H groups in total. The maximum atomic E-state index is 13.0. The highest BCUT2D eigenvalue weighted by Gasteiger charge is 2.30. The number of hydrogen-bond donors (Lipinski definition) is 1. The fourth-order valence-corrected chi connectivity index (χ4v) is 2.01. The molecule has 1 unspecified atom stereocenters. The molecule has 4 heteroatoms. The normalized spacial score (nSPS) is 13.8. The average Bonchev–Trinajstić information content (AvgIpc) is 2.46. The van der Waals surface area contributed by atoms with Crippen LogP contribution in [0.2, 0.25) is 0 Å². The van der Waals surface area contributed by atoms with E-state index in [0.717, 1.165) is 12.6 Å². The summed E-state index contributed by atoms with van der Waals surface area (Å²) in [5.74, 6) is 0.186. The maximum Gasteiger partial charge on any atom is 0.141 e. The Morgan fingerprint density at radius 2 is 2.00 bits per heavy atom. The van der Waals surface area contributed by atoms with E-state index in [1.54, 1.807) is 13.0 Å². The van der Waals surface area contributed by atoms with Gasteiger partial charge in [0.1, 0.15) is 17.2 Å². The van der Waals surface area contributed by atoms with Gasteiger partial charge in [0.2, 0.25) is 0 Å². The Morgan fingerprint density at radius 3 is 2.65 bits per heavy atom. The molecule has 1 heterocycles. The summed E-state index contributed by atoms with van der Waals surface area (Å²) in [7, 11) is 0. The van der Waals surface area contributed by atoms with Crippen molar-refractivity contribution < 1.29 is 14.2 Å². The maximum absolute atomic E-state index is 13.0. The molecule has 1 aromatic heterocycles. The smallest absolute Gasteiger partial charge is 0.141 e. The molecule has 106 valence electrons. The Kier molecular flexibility index (Phi) is 4.35. The van der Waals surface area contributed by atoms with E-state index < -0.39 is 11.4 Å². The summed E-state index contributed by atoms with van der Waals surface area (Å²) in [6.07, 6.45) is 1.98. The predicted molar refractivity (Wildman–Crippen MR) is 75.1 cm³/mol. The number of para-hydroxylation sites is 1. The Balaban J connectivity index is 2.40. The van der Waals surface area contributed by atoms with Gasteiger partial charge in [-0.25, -0.2) is 4.39 Å². The van der Waals surface area contributed by atoms with Gasteiger partial charge in [-0.05, 0) is 31.5 Å². The van der Waals surface area contributed by atoms with Crippen LogP contribution in [0.15, 0.2) is 42.6 Å². The molecule has 0 saturated carbocycles. The molecule has 0 aliphatic carbocycles. The van der Waals surface area contributed by atoms with Crippen LogP contribution in [-0.4, -0.2) is 16.7 Å². The van der Waals surface area contributed by atoms with Gasteiger partial charge in [-0.1, -0.05) is 25.1 Å². The van der Waals surface area contributed by atoms with Gasteiger partial charge in [0.05, 0.1) is 18.5 Å². The second kappa shape index (κ2) is 6.01. The SMILES string of the molecule is CCCOc1ccccc1C(C)(O)c1ccc(F)cn1. The lowest BCUT2D eigenvalue weighted by atomic mass is 9.91. The van der Waals surface area contributed by atoms with Crippen molar-refractivity contribution in [1.29, 1.82) is 0 Å². The molecule has 0 saturated heterocycles. The first-order valence-electron chi connectivity index (χ1n) is 6.62. The topological polar surface area (TPSA) is 42.4 Å². The summed E-state index contributed by atoms with van der Waals surface area (Å²) in [5.41, 5.74) is -0.336. The zero-order valence-corrected chi connectivity index (χ0v) is 11.6. The molecular formula is C16H18FNO2. The number of hydrogen-bond acceptors (Lipinski definition) is 3. The van der Waals surface area contributed by atoms with Crippen LogP contribution >= 0.6 is 0 Å². The number of nitrogens with zero attached hydrogens (tertiary/aromatic N) is 1. The lowest BCUT2D eigenvalue weighted by Gasteiger charge is -2.25. The first kappa shape index (κ1) is 14.5. The quantitative estimate of drug-likeness (QED) is 0.910. The molecule has 0 fully saturated rings. The summed E-state index contributed by atoms with van der Waals surface area (Å²) >= 11 is 0. The predicted octanol–water partition coefficient (Wildman–Crippen LogP) is 3.27. The number of pyridine rings is 1. The minimum absolute atomic E-state index is 0.381. The molecule has 1 atom stereocenters. The fraction of sp³-hybridized carbons (Fsp3) is 0.312. The highest BCUT2D eigenvalue weighted by Crippen LogP contribution is 2.34. The molecule has 0 amide bonds. The number of aliphatic hydroxyl groups is 1. The van der Waals surface area contributed by atoms with Gasteiger partial charge >= 0.3 is 0 Å². The average molecular weight is 275 g/mol. The van der Waals surface area contributed by atoms with Crippen molar-refractivity contribution in [3.63, 3.8) is 0 Å². The van der Waals surface area contributed by atoms with Crippen LogP contribution in [0, 0.1) is 5.82 Å². The summed E-state index contributed by atoms with van der Waals surface area (Å²) in [4.78, 5) is 3.97. The molecule has 2 aromatic rings. The van der Waals surface area contributed by atoms with Crippen LogP contribution in [0.5, 0.6) is 5.75 Å². The summed E-state index contributed by atoms with van der Waals surface area (Å²) in [6.45, 7) is 4.22. The van der Waals surface area contributed by atoms with E-state index in [4.69, 9.17) is 4.74 Å². The Bertz CT molecular complexity index is 567. The Labute approximate surface area is 118 Å². The third kappa shape index (κ3) is 2.96. The highest BCUT2D eigenvalue weighted by atomic mass is 19.1. The molecule has 20 heavy (non-hydrogen) atoms. The van der Waals surface area contributed by atoms with Gasteiger partial charge < -0.3 is 9.84 Å². The molecule has 0 spiro atoms. The fourth-order valence-electron chi connectivity index (χ4n) is 2.01. The second-order valence-electron chi connectivity index (χ2n) is 4.78. The Morgan fingerprint density at radius 1 is 1.25 bits per heavy atom. The molecule has 0 bridgehead atoms. The van der Waals surface area contributed by atoms with Gasteiger partial charge in [-0.3, -0.25) is 4.98 Å². The van der Waals surface area contributed by atoms with Crippen LogP contribution in [0.4, 0.5) is 4.39 Å². The van der Waals surface area contributed by atoms with Crippen molar-refractivity contribution in [1.82, 2.24) is 4.98 Å². The van der Waals surface area contributed by atoms with Gasteiger partial charge in [0.25, 0.3) is 0 Å². The lowest BCUT2D eigenvalue weighted by molar-refractivity contribution is 0.0930. The van der Waals surface area contributed by atoms with Crippen molar-refractivity contribution in [2.75, 3.05) is 6.61 Å². The summed E-state index contributed by atoms with van der Waals surface area (Å²) < 4.78 is 18.6. The summed E-state index contributed by atoms with van der Waals surface area (Å²) in [6, 6.07) is 10.0. The first-order valence-corrected chi connectivity index (χ1v) is 6.62. The van der Waals surface area contributed by atoms with Crippen LogP contribution < -0.4 is 4.74 Å². The zero-order valence-electron chi connectivity index (χ0n) is 11.6. The largest absolute Gasteiger partial charge is 0.493 e. The van der Waals surface area contributed by atoms with E-state index in [1.807, 2.05) is 25.1 Å². The molecule has 3 nitrogen and oxygen atoms in total. The third-order valence-corrected chi connectivity index (χ3v) is 3.10. The van der Waals surface area contributed by atoms with Gasteiger partial charge in [-0.15, -0.1) is 0 Å². The molecule has 1 aromatic carbocycles. The van der Waals surface area contributed by atoms with Crippen LogP contribution in [0.1, 0.15) is 31.5 Å². The number of rotatable bonds is 5. The monoisotopic (exact) mass is 275 g/mol. The molecule has 0 radical (unpaired) electrons. The van der Waals surface area contributed by atoms with Crippen LogP contribution in [0.3, 0.4) is 0 Å². The minimum atomic E-state index is -1.34. The van der Waals surface area contributed by atoms with Crippen molar-refractivity contribution >= 4 is 0 Å². The zero-order chi connectivity index (χ0) is 14.6. The molecule has 0 aliphatic heterocycles. The van der Waals surface area contributed by atoms with Gasteiger partial charge in [-0.2, -0.15) is 0 Å². The first-order chi connectivity index (χ1) is 9.55. The van der Waals surface area contributed by atoms with Gasteiger partial charge in [0, 0.05) is 5.56 Å². The lowest BCUT2D eigenvalue weighted by Crippen LogP contribution is -2.25. The van der Waals surface area contributed by atoms with E-state index in [0.29, 0.717) is 23.6 Å². The van der Waals surface area contributed by atoms with E-state index in [1.165, 1.54) is 12.1 Å². The van der Waals surface area contributed by atoms with Gasteiger partial charge in [0.15, 0.2) is 0 Å². The van der Waals surface area contributed by atoms with Crippen molar-refractivity contribution in [3.05, 3.63) is 59.7 Å². The number of ether oxygens (including phenoxy) is 1. The van der Waals surface area contributed by atoms with Crippen molar-refractivity contribution in [2.24, 2.45) is 0 Å². The second-order valence-corrected chi connectivity index (χ2v) is 4.78.